The highest BCUT2D eigenvalue weighted by atomic mass is 16.5. The van der Waals surface area contributed by atoms with E-state index >= 15 is 0 Å². The van der Waals surface area contributed by atoms with E-state index in [1.54, 1.807) is 6.20 Å². The molecule has 1 N–H and O–H groups in total. The van der Waals surface area contributed by atoms with E-state index in [2.05, 4.69) is 4.98 Å². The van der Waals surface area contributed by atoms with Crippen LogP contribution in [0, 0.1) is 5.21 Å². The van der Waals surface area contributed by atoms with Crippen LogP contribution >= 0.6 is 0 Å². The minimum absolute atomic E-state index is 0.142. The number of hydrogen-bond acceptors (Lipinski definition) is 3. The summed E-state index contributed by atoms with van der Waals surface area (Å²) < 4.78 is 1.76. The van der Waals surface area contributed by atoms with Gasteiger partial charge >= 0.3 is 0 Å². The molecular weight excluding hydrogens is 314 g/mol. The average molecular weight is 337 g/mol. The lowest BCUT2D eigenvalue weighted by Gasteiger charge is -2.45. The zero-order chi connectivity index (χ0) is 17.3. The van der Waals surface area contributed by atoms with Gasteiger partial charge in [0, 0.05) is 11.8 Å². The molecule has 1 aromatic carbocycles. The van der Waals surface area contributed by atoms with Crippen LogP contribution in [0.2, 0.25) is 0 Å². The zero-order valence-corrected chi connectivity index (χ0v) is 14.2. The molecule has 0 amide bonds. The molecule has 0 saturated carbocycles. The molecule has 4 rings (SSSR count). The van der Waals surface area contributed by atoms with Crippen molar-refractivity contribution in [3.05, 3.63) is 76.9 Å². The Bertz CT molecular complexity index is 854. The summed E-state index contributed by atoms with van der Waals surface area (Å²) in [6.07, 6.45) is 6.10. The fourth-order valence-corrected chi connectivity index (χ4v) is 3.72. The summed E-state index contributed by atoms with van der Waals surface area (Å²) in [6.45, 7) is 1.87. The smallest absolute Gasteiger partial charge is 0.136 e. The Balaban J connectivity index is 1.66. The fourth-order valence-electron chi connectivity index (χ4n) is 3.72. The molecule has 1 aliphatic heterocycles. The highest BCUT2D eigenvalue weighted by Gasteiger charge is 2.22. The maximum absolute atomic E-state index is 12.9. The topological polar surface area (TPSA) is 60.6 Å². The predicted octanol–water partition coefficient (Wildman–Crippen LogP) is 3.41. The quantitative estimate of drug-likeness (QED) is 0.586. The van der Waals surface area contributed by atoms with Gasteiger partial charge in [-0.2, -0.15) is 0 Å². The molecule has 130 valence electrons. The van der Waals surface area contributed by atoms with Gasteiger partial charge in [-0.15, -0.1) is 0 Å². The molecule has 5 nitrogen and oxygen atoms in total. The molecule has 25 heavy (non-hydrogen) atoms. The van der Waals surface area contributed by atoms with Gasteiger partial charge in [0.1, 0.15) is 18.3 Å². The lowest BCUT2D eigenvalue weighted by molar-refractivity contribution is -0.898. The van der Waals surface area contributed by atoms with Crippen molar-refractivity contribution in [1.29, 1.82) is 0 Å². The van der Waals surface area contributed by atoms with Crippen molar-refractivity contribution in [3.63, 3.8) is 0 Å². The van der Waals surface area contributed by atoms with Gasteiger partial charge in [-0.1, -0.05) is 30.3 Å². The molecule has 3 heterocycles. The predicted molar refractivity (Wildman–Crippen MR) is 96.6 cm³/mol. The van der Waals surface area contributed by atoms with Crippen LogP contribution in [-0.4, -0.2) is 32.2 Å². The first-order chi connectivity index (χ1) is 12.1. The minimum atomic E-state index is -0.739. The van der Waals surface area contributed by atoms with Gasteiger partial charge in [0.15, 0.2) is 0 Å². The van der Waals surface area contributed by atoms with E-state index in [1.807, 2.05) is 53.1 Å². The van der Waals surface area contributed by atoms with Gasteiger partial charge < -0.3 is 19.4 Å². The Morgan fingerprint density at radius 1 is 1.08 bits per heavy atom. The first kappa shape index (κ1) is 16.3. The van der Waals surface area contributed by atoms with Crippen molar-refractivity contribution in [3.8, 4) is 0 Å². The van der Waals surface area contributed by atoms with Crippen LogP contribution in [0.3, 0.4) is 0 Å². The summed E-state index contributed by atoms with van der Waals surface area (Å²) in [5.41, 5.74) is 3.32. The molecule has 2 aromatic heterocycles. The number of likely N-dealkylation sites (tertiary alicyclic amines) is 1. The summed E-state index contributed by atoms with van der Waals surface area (Å²) in [5, 5.41) is 23.6. The first-order valence-electron chi connectivity index (χ1n) is 8.91. The normalized spacial score (nSPS) is 18.3. The van der Waals surface area contributed by atoms with Crippen LogP contribution in [0.15, 0.2) is 54.9 Å². The van der Waals surface area contributed by atoms with E-state index in [1.165, 1.54) is 0 Å². The Morgan fingerprint density at radius 3 is 2.60 bits per heavy atom. The second kappa shape index (κ2) is 6.59. The maximum Gasteiger partial charge on any atom is 0.136 e. The standard InChI is InChI=1S/C20H23N3O2/c24-20(17-7-3-1-4-8-17)18-13-21-19-10-9-16(14-22(18)19)15-23(25)11-5-2-6-12-23/h1,3-4,7-10,13-14,20,24H,2,5-6,11-12,15H2. The van der Waals surface area contributed by atoms with Crippen LogP contribution < -0.4 is 0 Å². The molecule has 0 radical (unpaired) electrons. The highest BCUT2D eigenvalue weighted by molar-refractivity contribution is 5.43. The average Bonchev–Trinajstić information content (AvgIpc) is 3.05. The number of aliphatic hydroxyl groups excluding tert-OH is 1. The molecule has 0 bridgehead atoms. The van der Waals surface area contributed by atoms with E-state index in [4.69, 9.17) is 0 Å². The number of imidazole rings is 1. The lowest BCUT2D eigenvalue weighted by Crippen LogP contribution is -2.45. The van der Waals surface area contributed by atoms with Crippen molar-refractivity contribution < 1.29 is 9.75 Å². The molecule has 5 heteroatoms. The van der Waals surface area contributed by atoms with E-state index in [0.717, 1.165) is 41.7 Å². The minimum Gasteiger partial charge on any atom is -0.633 e. The van der Waals surface area contributed by atoms with E-state index < -0.39 is 6.10 Å². The van der Waals surface area contributed by atoms with Crippen LogP contribution in [0.1, 0.15) is 42.2 Å². The SMILES string of the molecule is [O-][N+]1(Cc2ccc3ncc(C(O)c4ccccc4)n3c2)CCCCC1. The molecule has 1 fully saturated rings. The van der Waals surface area contributed by atoms with E-state index in [0.29, 0.717) is 19.6 Å². The third kappa shape index (κ3) is 3.31. The summed E-state index contributed by atoms with van der Waals surface area (Å²) in [7, 11) is 0. The molecular formula is C20H23N3O2. The number of quaternary nitrogens is 1. The van der Waals surface area contributed by atoms with Gasteiger partial charge in [-0.25, -0.2) is 4.98 Å². The van der Waals surface area contributed by atoms with Gasteiger partial charge in [0.05, 0.1) is 25.0 Å². The molecule has 0 spiro atoms. The number of hydroxylamine groups is 3. The summed E-state index contributed by atoms with van der Waals surface area (Å²) in [6, 6.07) is 13.5. The third-order valence-corrected chi connectivity index (χ3v) is 5.09. The second-order valence-electron chi connectivity index (χ2n) is 6.99. The maximum atomic E-state index is 12.9. The number of rotatable bonds is 4. The van der Waals surface area contributed by atoms with Crippen molar-refractivity contribution >= 4 is 5.65 Å². The Hall–Kier alpha value is -2.21. The number of nitrogens with zero attached hydrogens (tertiary/aromatic N) is 3. The van der Waals surface area contributed by atoms with E-state index in [-0.39, 0.29) is 4.65 Å². The van der Waals surface area contributed by atoms with Crippen molar-refractivity contribution in [2.45, 2.75) is 31.9 Å². The van der Waals surface area contributed by atoms with Crippen molar-refractivity contribution in [1.82, 2.24) is 9.38 Å². The number of hydrogen-bond donors (Lipinski definition) is 1. The molecule has 1 saturated heterocycles. The third-order valence-electron chi connectivity index (χ3n) is 5.09. The second-order valence-corrected chi connectivity index (χ2v) is 6.99. The number of fused-ring (bicyclic) bond motifs is 1. The number of piperidine rings is 1. The summed E-state index contributed by atoms with van der Waals surface area (Å²) in [5.74, 6) is 0. The van der Waals surface area contributed by atoms with Crippen LogP contribution in [0.5, 0.6) is 0 Å². The number of aliphatic hydroxyl groups is 1. The Kier molecular flexibility index (Phi) is 4.29. The number of pyridine rings is 1. The first-order valence-corrected chi connectivity index (χ1v) is 8.91. The van der Waals surface area contributed by atoms with Gasteiger partial charge in [-0.3, -0.25) is 0 Å². The van der Waals surface area contributed by atoms with Crippen LogP contribution in [0.4, 0.5) is 0 Å². The number of benzene rings is 1. The molecule has 1 atom stereocenters. The largest absolute Gasteiger partial charge is 0.633 e. The van der Waals surface area contributed by atoms with Crippen LogP contribution in [0.25, 0.3) is 5.65 Å². The summed E-state index contributed by atoms with van der Waals surface area (Å²) in [4.78, 5) is 4.39. The van der Waals surface area contributed by atoms with Crippen molar-refractivity contribution in [2.24, 2.45) is 0 Å². The molecule has 1 unspecified atom stereocenters. The lowest BCUT2D eigenvalue weighted by atomic mass is 10.1. The highest BCUT2D eigenvalue weighted by Crippen LogP contribution is 2.25. The zero-order valence-electron chi connectivity index (χ0n) is 14.2. The number of aromatic nitrogens is 2. The molecule has 3 aromatic rings. The monoisotopic (exact) mass is 337 g/mol. The van der Waals surface area contributed by atoms with Gasteiger partial charge in [0.2, 0.25) is 0 Å². The van der Waals surface area contributed by atoms with Gasteiger partial charge in [0.25, 0.3) is 0 Å². The van der Waals surface area contributed by atoms with Crippen LogP contribution in [-0.2, 0) is 6.54 Å². The van der Waals surface area contributed by atoms with Gasteiger partial charge in [-0.05, 0) is 37.0 Å². The van der Waals surface area contributed by atoms with Crippen molar-refractivity contribution in [2.75, 3.05) is 13.1 Å². The Morgan fingerprint density at radius 2 is 1.84 bits per heavy atom. The summed E-state index contributed by atoms with van der Waals surface area (Å²) >= 11 is 0. The molecule has 1 aliphatic rings. The van der Waals surface area contributed by atoms with E-state index in [9.17, 15) is 10.3 Å². The Labute approximate surface area is 147 Å². The fraction of sp³-hybridized carbons (Fsp3) is 0.350. The molecule has 0 aliphatic carbocycles.